The quantitative estimate of drug-likeness (QED) is 0.850. The highest BCUT2D eigenvalue weighted by Crippen LogP contribution is 2.18. The van der Waals surface area contributed by atoms with Crippen LogP contribution in [-0.2, 0) is 6.54 Å². The number of benzene rings is 1. The summed E-state index contributed by atoms with van der Waals surface area (Å²) in [5, 5.41) is 0. The van der Waals surface area contributed by atoms with Gasteiger partial charge in [-0.15, -0.1) is 12.4 Å². The second-order valence-corrected chi connectivity index (χ2v) is 3.32. The maximum absolute atomic E-state index is 5.50. The SMILES string of the molecule is COc1ccc(CN)c(I)c1.Cl. The van der Waals surface area contributed by atoms with E-state index in [-0.39, 0.29) is 12.4 Å². The molecule has 0 aliphatic heterocycles. The first-order chi connectivity index (χ1) is 5.27. The van der Waals surface area contributed by atoms with E-state index in [4.69, 9.17) is 10.5 Å². The average Bonchev–Trinajstić information content (AvgIpc) is 2.04. The van der Waals surface area contributed by atoms with Crippen molar-refractivity contribution in [1.29, 1.82) is 0 Å². The zero-order chi connectivity index (χ0) is 8.27. The average molecular weight is 300 g/mol. The van der Waals surface area contributed by atoms with E-state index >= 15 is 0 Å². The Hall–Kier alpha value is -0.000000000000000167. The second-order valence-electron chi connectivity index (χ2n) is 2.16. The van der Waals surface area contributed by atoms with Gasteiger partial charge in [-0.2, -0.15) is 0 Å². The normalized spacial score (nSPS) is 8.92. The van der Waals surface area contributed by atoms with Crippen LogP contribution < -0.4 is 10.5 Å². The lowest BCUT2D eigenvalue weighted by molar-refractivity contribution is 0.414. The fraction of sp³-hybridized carbons (Fsp3) is 0.250. The molecule has 0 aliphatic rings. The highest BCUT2D eigenvalue weighted by atomic mass is 127. The van der Waals surface area contributed by atoms with Gasteiger partial charge >= 0.3 is 0 Å². The second kappa shape index (κ2) is 5.61. The molecule has 1 aromatic rings. The van der Waals surface area contributed by atoms with E-state index in [0.29, 0.717) is 6.54 Å². The highest BCUT2D eigenvalue weighted by molar-refractivity contribution is 14.1. The lowest BCUT2D eigenvalue weighted by atomic mass is 10.2. The number of methoxy groups -OCH3 is 1. The molecule has 0 saturated carbocycles. The molecule has 0 radical (unpaired) electrons. The number of ether oxygens (including phenoxy) is 1. The topological polar surface area (TPSA) is 35.2 Å². The molecule has 0 heterocycles. The van der Waals surface area contributed by atoms with Crippen molar-refractivity contribution in [3.8, 4) is 5.75 Å². The summed E-state index contributed by atoms with van der Waals surface area (Å²) in [6, 6.07) is 5.88. The Labute approximate surface area is 92.0 Å². The fourth-order valence-corrected chi connectivity index (χ4v) is 1.53. The van der Waals surface area contributed by atoms with Crippen molar-refractivity contribution in [2.24, 2.45) is 5.73 Å². The molecule has 4 heteroatoms. The van der Waals surface area contributed by atoms with Crippen LogP contribution in [0.15, 0.2) is 18.2 Å². The zero-order valence-electron chi connectivity index (χ0n) is 6.71. The van der Waals surface area contributed by atoms with Crippen molar-refractivity contribution in [1.82, 2.24) is 0 Å². The summed E-state index contributed by atoms with van der Waals surface area (Å²) in [5.41, 5.74) is 6.66. The molecule has 0 spiro atoms. The molecule has 0 aliphatic carbocycles. The van der Waals surface area contributed by atoms with Crippen LogP contribution in [-0.4, -0.2) is 7.11 Å². The van der Waals surface area contributed by atoms with Crippen molar-refractivity contribution >= 4 is 35.0 Å². The molecule has 2 nitrogen and oxygen atoms in total. The van der Waals surface area contributed by atoms with E-state index in [1.165, 1.54) is 0 Å². The number of hydrogen-bond donors (Lipinski definition) is 1. The van der Waals surface area contributed by atoms with E-state index in [1.807, 2.05) is 18.2 Å². The summed E-state index contributed by atoms with van der Waals surface area (Å²) >= 11 is 2.25. The minimum absolute atomic E-state index is 0. The van der Waals surface area contributed by atoms with E-state index in [0.717, 1.165) is 14.9 Å². The number of rotatable bonds is 2. The van der Waals surface area contributed by atoms with Crippen LogP contribution >= 0.6 is 35.0 Å². The standard InChI is InChI=1S/C8H10INO.ClH/c1-11-7-3-2-6(5-10)8(9)4-7;/h2-4H,5,10H2,1H3;1H. The third-order valence-corrected chi connectivity index (χ3v) is 2.48. The summed E-state index contributed by atoms with van der Waals surface area (Å²) in [4.78, 5) is 0. The molecule has 0 atom stereocenters. The van der Waals surface area contributed by atoms with Gasteiger partial charge in [0.2, 0.25) is 0 Å². The summed E-state index contributed by atoms with van der Waals surface area (Å²) in [7, 11) is 1.66. The molecule has 1 aromatic carbocycles. The van der Waals surface area contributed by atoms with Gasteiger partial charge in [0.05, 0.1) is 7.11 Å². The number of halogens is 2. The Bertz CT molecular complexity index is 255. The van der Waals surface area contributed by atoms with E-state index in [1.54, 1.807) is 7.11 Å². The third-order valence-electron chi connectivity index (χ3n) is 1.48. The third kappa shape index (κ3) is 2.80. The molecule has 0 bridgehead atoms. The van der Waals surface area contributed by atoms with Gasteiger partial charge in [-0.05, 0) is 40.3 Å². The van der Waals surface area contributed by atoms with Crippen LogP contribution in [0.5, 0.6) is 5.75 Å². The van der Waals surface area contributed by atoms with Gasteiger partial charge in [0.25, 0.3) is 0 Å². The molecule has 0 aromatic heterocycles. The molecule has 0 saturated heterocycles. The highest BCUT2D eigenvalue weighted by Gasteiger charge is 1.98. The van der Waals surface area contributed by atoms with Gasteiger partial charge in [-0.3, -0.25) is 0 Å². The molecule has 0 amide bonds. The lowest BCUT2D eigenvalue weighted by Crippen LogP contribution is -1.98. The summed E-state index contributed by atoms with van der Waals surface area (Å²) in [6.45, 7) is 0.586. The molecule has 1 rings (SSSR count). The van der Waals surface area contributed by atoms with Crippen molar-refractivity contribution in [2.45, 2.75) is 6.54 Å². The van der Waals surface area contributed by atoms with Gasteiger partial charge in [0.1, 0.15) is 5.75 Å². The maximum atomic E-state index is 5.50. The van der Waals surface area contributed by atoms with Gasteiger partial charge in [-0.25, -0.2) is 0 Å². The van der Waals surface area contributed by atoms with Crippen molar-refractivity contribution in [2.75, 3.05) is 7.11 Å². The van der Waals surface area contributed by atoms with Crippen LogP contribution in [0.25, 0.3) is 0 Å². The summed E-state index contributed by atoms with van der Waals surface area (Å²) in [5.74, 6) is 0.881. The summed E-state index contributed by atoms with van der Waals surface area (Å²) < 4.78 is 6.21. The first-order valence-corrected chi connectivity index (χ1v) is 4.38. The molecular formula is C8H11ClINO. The molecule has 0 fully saturated rings. The Morgan fingerprint density at radius 3 is 2.58 bits per heavy atom. The number of nitrogens with two attached hydrogens (primary N) is 1. The lowest BCUT2D eigenvalue weighted by Gasteiger charge is -2.03. The van der Waals surface area contributed by atoms with Gasteiger partial charge < -0.3 is 10.5 Å². The van der Waals surface area contributed by atoms with Crippen molar-refractivity contribution in [3.05, 3.63) is 27.3 Å². The first kappa shape index (κ1) is 12.0. The zero-order valence-corrected chi connectivity index (χ0v) is 9.68. The van der Waals surface area contributed by atoms with Crippen molar-refractivity contribution in [3.63, 3.8) is 0 Å². The predicted molar refractivity (Wildman–Crippen MR) is 60.9 cm³/mol. The van der Waals surface area contributed by atoms with Crippen molar-refractivity contribution < 1.29 is 4.74 Å². The van der Waals surface area contributed by atoms with Gasteiger partial charge in [0.15, 0.2) is 0 Å². The fourth-order valence-electron chi connectivity index (χ4n) is 0.821. The minimum Gasteiger partial charge on any atom is -0.497 e. The van der Waals surface area contributed by atoms with Gasteiger partial charge in [0, 0.05) is 10.1 Å². The van der Waals surface area contributed by atoms with Crippen LogP contribution in [0.1, 0.15) is 5.56 Å². The summed E-state index contributed by atoms with van der Waals surface area (Å²) in [6.07, 6.45) is 0. The van der Waals surface area contributed by atoms with E-state index in [9.17, 15) is 0 Å². The smallest absolute Gasteiger partial charge is 0.119 e. The molecule has 2 N–H and O–H groups in total. The molecule has 0 unspecified atom stereocenters. The van der Waals surface area contributed by atoms with Crippen LogP contribution in [0.2, 0.25) is 0 Å². The largest absolute Gasteiger partial charge is 0.497 e. The molecule has 12 heavy (non-hydrogen) atoms. The Kier molecular flexibility index (Phi) is 5.61. The van der Waals surface area contributed by atoms with E-state index in [2.05, 4.69) is 22.6 Å². The monoisotopic (exact) mass is 299 g/mol. The maximum Gasteiger partial charge on any atom is 0.119 e. The van der Waals surface area contributed by atoms with Crippen LogP contribution in [0.4, 0.5) is 0 Å². The Morgan fingerprint density at radius 2 is 2.17 bits per heavy atom. The number of hydrogen-bond acceptors (Lipinski definition) is 2. The minimum atomic E-state index is 0. The molecular weight excluding hydrogens is 288 g/mol. The Morgan fingerprint density at radius 1 is 1.50 bits per heavy atom. The Balaban J connectivity index is 0.00000121. The van der Waals surface area contributed by atoms with Gasteiger partial charge in [-0.1, -0.05) is 6.07 Å². The van der Waals surface area contributed by atoms with Crippen LogP contribution in [0, 0.1) is 3.57 Å². The molecule has 68 valence electrons. The van der Waals surface area contributed by atoms with E-state index < -0.39 is 0 Å². The van der Waals surface area contributed by atoms with Crippen LogP contribution in [0.3, 0.4) is 0 Å². The predicted octanol–water partition coefficient (Wildman–Crippen LogP) is 2.18. The first-order valence-electron chi connectivity index (χ1n) is 3.30.